The number of carbonyl (C=O) groups is 1. The average molecular weight is 485 g/mol. The molecule has 0 aliphatic carbocycles. The molecule has 0 radical (unpaired) electrons. The lowest BCUT2D eigenvalue weighted by Crippen LogP contribution is -2.33. The lowest BCUT2D eigenvalue weighted by molar-refractivity contribution is -0.123. The molecule has 7 nitrogen and oxygen atoms in total. The molecule has 0 unspecified atom stereocenters. The van der Waals surface area contributed by atoms with Gasteiger partial charge in [0.1, 0.15) is 0 Å². The lowest BCUT2D eigenvalue weighted by Gasteiger charge is -2.25. The van der Waals surface area contributed by atoms with Crippen LogP contribution in [0, 0.1) is 5.41 Å². The number of benzene rings is 3. The van der Waals surface area contributed by atoms with Crippen molar-refractivity contribution < 1.29 is 21.6 Å². The fourth-order valence-electron chi connectivity index (χ4n) is 3.80. The van der Waals surface area contributed by atoms with Gasteiger partial charge in [-0.3, -0.25) is 9.10 Å². The third-order valence-electron chi connectivity index (χ3n) is 5.46. The standard InChI is InChI=1S/C24H24N2O5S2/c1-24(2)18-32(28,29)26(23(24)27)21-13-15-22(16-14-21)33(30,31)25(20-11-7-4-8-12-20)17-19-9-5-3-6-10-19/h3-16H,17-18H2,1-2H3. The maximum atomic E-state index is 13.6. The van der Waals surface area contributed by atoms with Gasteiger partial charge in [0.25, 0.3) is 10.0 Å². The Kier molecular flexibility index (Phi) is 5.79. The van der Waals surface area contributed by atoms with Crippen LogP contribution in [-0.4, -0.2) is 28.5 Å². The first-order chi connectivity index (χ1) is 15.5. The molecule has 0 N–H and O–H groups in total. The minimum atomic E-state index is -3.98. The van der Waals surface area contributed by atoms with Crippen LogP contribution in [0.25, 0.3) is 0 Å². The van der Waals surface area contributed by atoms with Crippen LogP contribution < -0.4 is 8.61 Å². The van der Waals surface area contributed by atoms with Gasteiger partial charge in [-0.2, -0.15) is 0 Å². The van der Waals surface area contributed by atoms with Crippen molar-refractivity contribution in [3.63, 3.8) is 0 Å². The fourth-order valence-corrected chi connectivity index (χ4v) is 7.36. The molecular formula is C24H24N2O5S2. The van der Waals surface area contributed by atoms with Crippen LogP contribution in [0.4, 0.5) is 11.4 Å². The predicted molar refractivity (Wildman–Crippen MR) is 128 cm³/mol. The van der Waals surface area contributed by atoms with Crippen molar-refractivity contribution in [2.24, 2.45) is 5.41 Å². The molecule has 4 rings (SSSR count). The lowest BCUT2D eigenvalue weighted by atomic mass is 9.95. The first-order valence-corrected chi connectivity index (χ1v) is 13.4. The number of hydrogen-bond acceptors (Lipinski definition) is 5. The summed E-state index contributed by atoms with van der Waals surface area (Å²) in [6.07, 6.45) is 0. The quantitative estimate of drug-likeness (QED) is 0.531. The molecule has 0 bridgehead atoms. The molecular weight excluding hydrogens is 460 g/mol. The Morgan fingerprint density at radius 1 is 0.879 bits per heavy atom. The second-order valence-corrected chi connectivity index (χ2v) is 12.2. The van der Waals surface area contributed by atoms with Gasteiger partial charge in [0.2, 0.25) is 15.9 Å². The van der Waals surface area contributed by atoms with Crippen molar-refractivity contribution in [1.29, 1.82) is 0 Å². The highest BCUT2D eigenvalue weighted by atomic mass is 32.2. The van der Waals surface area contributed by atoms with E-state index in [1.165, 1.54) is 28.6 Å². The van der Waals surface area contributed by atoms with Gasteiger partial charge >= 0.3 is 0 Å². The number of sulfonamides is 2. The van der Waals surface area contributed by atoms with Crippen molar-refractivity contribution in [3.8, 4) is 0 Å². The normalized spacial score (nSPS) is 17.2. The van der Waals surface area contributed by atoms with Crippen LogP contribution in [-0.2, 0) is 31.4 Å². The summed E-state index contributed by atoms with van der Waals surface area (Å²) in [7, 11) is -7.80. The zero-order valence-electron chi connectivity index (χ0n) is 18.2. The Bertz CT molecular complexity index is 1370. The van der Waals surface area contributed by atoms with Gasteiger partial charge in [-0.05, 0) is 55.8 Å². The molecule has 0 atom stereocenters. The molecule has 3 aromatic rings. The van der Waals surface area contributed by atoms with Crippen molar-refractivity contribution in [1.82, 2.24) is 0 Å². The van der Waals surface area contributed by atoms with Gasteiger partial charge in [-0.15, -0.1) is 0 Å². The van der Waals surface area contributed by atoms with E-state index in [4.69, 9.17) is 0 Å². The number of hydrogen-bond donors (Lipinski definition) is 0. The number of amides is 1. The third-order valence-corrected chi connectivity index (χ3v) is 9.26. The highest BCUT2D eigenvalue weighted by Gasteiger charge is 2.49. The number of para-hydroxylation sites is 1. The topological polar surface area (TPSA) is 91.8 Å². The van der Waals surface area contributed by atoms with Crippen molar-refractivity contribution in [2.45, 2.75) is 25.3 Å². The van der Waals surface area contributed by atoms with Gasteiger partial charge in [-0.1, -0.05) is 48.5 Å². The average Bonchev–Trinajstić information content (AvgIpc) is 2.95. The van der Waals surface area contributed by atoms with E-state index in [0.717, 1.165) is 9.87 Å². The Morgan fingerprint density at radius 2 is 1.42 bits per heavy atom. The van der Waals surface area contributed by atoms with E-state index in [0.29, 0.717) is 5.69 Å². The zero-order chi connectivity index (χ0) is 23.9. The highest BCUT2D eigenvalue weighted by molar-refractivity contribution is 7.94. The maximum absolute atomic E-state index is 13.6. The number of nitrogens with zero attached hydrogens (tertiary/aromatic N) is 2. The van der Waals surface area contributed by atoms with E-state index in [1.54, 1.807) is 44.2 Å². The number of anilines is 2. The molecule has 0 aromatic heterocycles. The summed E-state index contributed by atoms with van der Waals surface area (Å²) in [5, 5.41) is 0. The molecule has 1 aliphatic rings. The fraction of sp³-hybridized carbons (Fsp3) is 0.208. The van der Waals surface area contributed by atoms with Gasteiger partial charge in [0, 0.05) is 0 Å². The van der Waals surface area contributed by atoms with Crippen molar-refractivity contribution >= 4 is 37.3 Å². The minimum absolute atomic E-state index is 0.00524. The van der Waals surface area contributed by atoms with E-state index in [1.807, 2.05) is 30.3 Å². The smallest absolute Gasteiger partial charge is 0.264 e. The number of rotatable bonds is 6. The third kappa shape index (κ3) is 4.38. The van der Waals surface area contributed by atoms with E-state index >= 15 is 0 Å². The van der Waals surface area contributed by atoms with Crippen molar-refractivity contribution in [2.75, 3.05) is 14.4 Å². The molecule has 9 heteroatoms. The Hall–Kier alpha value is -3.17. The van der Waals surface area contributed by atoms with Crippen LogP contribution in [0.2, 0.25) is 0 Å². The minimum Gasteiger partial charge on any atom is -0.273 e. The van der Waals surface area contributed by atoms with Gasteiger partial charge in [-0.25, -0.2) is 21.1 Å². The summed E-state index contributed by atoms with van der Waals surface area (Å²) in [5.74, 6) is -0.828. The molecule has 1 amide bonds. The second kappa shape index (κ2) is 8.31. The van der Waals surface area contributed by atoms with Gasteiger partial charge in [0.05, 0.1) is 34.0 Å². The van der Waals surface area contributed by atoms with Gasteiger partial charge in [0.15, 0.2) is 0 Å². The van der Waals surface area contributed by atoms with E-state index in [-0.39, 0.29) is 22.9 Å². The summed E-state index contributed by atoms with van der Waals surface area (Å²) in [6.45, 7) is 3.28. The molecule has 172 valence electrons. The van der Waals surface area contributed by atoms with E-state index in [9.17, 15) is 21.6 Å². The van der Waals surface area contributed by atoms with Gasteiger partial charge < -0.3 is 0 Å². The summed E-state index contributed by atoms with van der Waals surface area (Å²) in [5.41, 5.74) is 0.407. The van der Waals surface area contributed by atoms with Crippen LogP contribution >= 0.6 is 0 Å². The van der Waals surface area contributed by atoms with Crippen LogP contribution in [0.1, 0.15) is 19.4 Å². The molecule has 3 aromatic carbocycles. The van der Waals surface area contributed by atoms with E-state index in [2.05, 4.69) is 0 Å². The summed E-state index contributed by atoms with van der Waals surface area (Å²) in [6, 6.07) is 23.4. The van der Waals surface area contributed by atoms with Crippen LogP contribution in [0.3, 0.4) is 0 Å². The molecule has 33 heavy (non-hydrogen) atoms. The summed E-state index contributed by atoms with van der Waals surface area (Å²) < 4.78 is 54.3. The van der Waals surface area contributed by atoms with Crippen LogP contribution in [0.5, 0.6) is 0 Å². The van der Waals surface area contributed by atoms with E-state index < -0.39 is 31.4 Å². The Morgan fingerprint density at radius 3 is 1.94 bits per heavy atom. The number of carbonyl (C=O) groups excluding carboxylic acids is 1. The molecule has 1 saturated heterocycles. The summed E-state index contributed by atoms with van der Waals surface area (Å²) >= 11 is 0. The first kappa shape index (κ1) is 23.0. The monoisotopic (exact) mass is 484 g/mol. The zero-order valence-corrected chi connectivity index (χ0v) is 19.9. The highest BCUT2D eigenvalue weighted by Crippen LogP contribution is 2.36. The van der Waals surface area contributed by atoms with Crippen LogP contribution in [0.15, 0.2) is 89.8 Å². The Labute approximate surface area is 194 Å². The molecule has 1 heterocycles. The second-order valence-electron chi connectivity index (χ2n) is 8.54. The summed E-state index contributed by atoms with van der Waals surface area (Å²) in [4.78, 5) is 12.6. The molecule has 1 fully saturated rings. The molecule has 0 spiro atoms. The largest absolute Gasteiger partial charge is 0.273 e. The Balaban J connectivity index is 1.71. The molecule has 0 saturated carbocycles. The SMILES string of the molecule is CC1(C)CS(=O)(=O)N(c2ccc(S(=O)(=O)N(Cc3ccccc3)c3ccccc3)cc2)C1=O. The maximum Gasteiger partial charge on any atom is 0.264 e. The molecule has 1 aliphatic heterocycles. The predicted octanol–water partition coefficient (Wildman–Crippen LogP) is 3.78. The van der Waals surface area contributed by atoms with Crippen molar-refractivity contribution in [3.05, 3.63) is 90.5 Å². The first-order valence-electron chi connectivity index (χ1n) is 10.3.